The number of hydrogen-bond acceptors (Lipinski definition) is 6. The van der Waals surface area contributed by atoms with E-state index >= 15 is 0 Å². The summed E-state index contributed by atoms with van der Waals surface area (Å²) in [5.74, 6) is -1.17. The molecule has 0 saturated heterocycles. The van der Waals surface area contributed by atoms with E-state index in [1.807, 2.05) is 26.0 Å². The van der Waals surface area contributed by atoms with Gasteiger partial charge in [-0.2, -0.15) is 0 Å². The number of aromatic amines is 2. The fourth-order valence-electron chi connectivity index (χ4n) is 6.49. The maximum absolute atomic E-state index is 12.8. The topological polar surface area (TPSA) is 143 Å². The first-order chi connectivity index (χ1) is 22.4. The minimum absolute atomic E-state index is 0.150. The lowest BCUT2D eigenvalue weighted by Crippen LogP contribution is -2.17. The summed E-state index contributed by atoms with van der Waals surface area (Å²) in [6.45, 7) is 15.4. The van der Waals surface area contributed by atoms with Crippen LogP contribution in [0, 0.1) is 13.8 Å². The highest BCUT2D eigenvalue weighted by Crippen LogP contribution is 2.30. The van der Waals surface area contributed by atoms with Gasteiger partial charge < -0.3 is 24.8 Å². The van der Waals surface area contributed by atoms with Crippen molar-refractivity contribution in [2.24, 2.45) is 4.99 Å². The Balaban J connectivity index is 1.73. The third-order valence-corrected chi connectivity index (χ3v) is 8.85. The maximum Gasteiger partial charge on any atom is 0.302 e. The first kappa shape index (κ1) is 35.1. The fraction of sp³-hybridized carbons (Fsp3) is 0.432. The molecule has 2 aliphatic rings. The molecular formula is C37H46N4O6. The summed E-state index contributed by atoms with van der Waals surface area (Å²) in [5, 5.41) is 4.88. The van der Waals surface area contributed by atoms with Crippen LogP contribution in [0.1, 0.15) is 101 Å². The molecule has 2 aromatic heterocycles. The molecule has 0 bridgehead atoms. The Kier molecular flexibility index (Phi) is 11.4. The van der Waals surface area contributed by atoms with Crippen LogP contribution in [0.2, 0.25) is 0 Å². The number of amides is 2. The molecule has 4 heterocycles. The first-order valence-corrected chi connectivity index (χ1v) is 16.4. The van der Waals surface area contributed by atoms with Gasteiger partial charge in [0.2, 0.25) is 0 Å². The molecule has 0 radical (unpaired) electrons. The Morgan fingerprint density at radius 1 is 0.681 bits per heavy atom. The van der Waals surface area contributed by atoms with Gasteiger partial charge in [-0.05, 0) is 91.2 Å². The van der Waals surface area contributed by atoms with E-state index in [4.69, 9.17) is 9.47 Å². The number of carbonyl (C=O) groups is 4. The zero-order valence-corrected chi connectivity index (χ0v) is 28.8. The average molecular weight is 643 g/mol. The van der Waals surface area contributed by atoms with Crippen LogP contribution in [0.25, 0.3) is 18.2 Å². The van der Waals surface area contributed by atoms with Crippen LogP contribution in [0.15, 0.2) is 33.0 Å². The van der Waals surface area contributed by atoms with Crippen LogP contribution < -0.4 is 16.0 Å². The summed E-state index contributed by atoms with van der Waals surface area (Å²) < 4.78 is 10.2. The van der Waals surface area contributed by atoms with E-state index in [1.54, 1.807) is 0 Å². The van der Waals surface area contributed by atoms with Crippen molar-refractivity contribution in [3.8, 4) is 0 Å². The van der Waals surface area contributed by atoms with Crippen molar-refractivity contribution in [1.82, 2.24) is 15.3 Å². The highest BCUT2D eigenvalue weighted by molar-refractivity contribution is 6.31. The predicted octanol–water partition coefficient (Wildman–Crippen LogP) is 4.47. The number of rotatable bonds is 13. The van der Waals surface area contributed by atoms with E-state index in [1.165, 1.54) is 25.0 Å². The number of aliphatic imine (C=N–C) groups is 1. The number of H-pyrrole nitrogens is 2. The van der Waals surface area contributed by atoms with E-state index in [9.17, 15) is 19.2 Å². The first-order valence-electron chi connectivity index (χ1n) is 16.4. The van der Waals surface area contributed by atoms with Crippen LogP contribution in [0.3, 0.4) is 0 Å². The second kappa shape index (κ2) is 15.2. The van der Waals surface area contributed by atoms with Gasteiger partial charge in [-0.25, -0.2) is 4.99 Å². The smallest absolute Gasteiger partial charge is 0.302 e. The molecule has 0 atom stereocenters. The van der Waals surface area contributed by atoms with Crippen LogP contribution >= 0.6 is 0 Å². The van der Waals surface area contributed by atoms with Gasteiger partial charge in [-0.1, -0.05) is 27.7 Å². The number of carbonyl (C=O) groups excluding carboxylic acids is 4. The Morgan fingerprint density at radius 2 is 1.30 bits per heavy atom. The second-order valence-corrected chi connectivity index (χ2v) is 11.7. The molecule has 2 aliphatic heterocycles. The lowest BCUT2D eigenvalue weighted by molar-refractivity contribution is -0.141. The SMILES string of the molecule is CCC1=C(CCOC(C)=O)C(=O)N=C1/C=c1/[nH]/c(=C\c2[nH]c(/C=C3\NC(=O)C(CCOC(C)=O)=C3CC)c(C)c2CC)c(CC)c1C. The van der Waals surface area contributed by atoms with Crippen LogP contribution in [0.4, 0.5) is 0 Å². The van der Waals surface area contributed by atoms with Crippen LogP contribution in [-0.4, -0.2) is 52.6 Å². The van der Waals surface area contributed by atoms with Crippen molar-refractivity contribution in [2.75, 3.05) is 13.2 Å². The van der Waals surface area contributed by atoms with Crippen LogP contribution in [0.5, 0.6) is 0 Å². The lowest BCUT2D eigenvalue weighted by Gasteiger charge is -2.05. The van der Waals surface area contributed by atoms with Gasteiger partial charge in [-0.15, -0.1) is 0 Å². The average Bonchev–Trinajstić information content (AvgIpc) is 3.69. The molecule has 0 aliphatic carbocycles. The summed E-state index contributed by atoms with van der Waals surface area (Å²) in [6.07, 6.45) is 9.70. The summed E-state index contributed by atoms with van der Waals surface area (Å²) >= 11 is 0. The van der Waals surface area contributed by atoms with Gasteiger partial charge in [0.05, 0.1) is 18.9 Å². The molecule has 10 heteroatoms. The van der Waals surface area contributed by atoms with E-state index < -0.39 is 0 Å². The van der Waals surface area contributed by atoms with Crippen molar-refractivity contribution in [3.63, 3.8) is 0 Å². The molecule has 0 saturated carbocycles. The number of nitrogens with zero attached hydrogens (tertiary/aromatic N) is 1. The minimum Gasteiger partial charge on any atom is -0.466 e. The zero-order valence-electron chi connectivity index (χ0n) is 28.8. The molecule has 47 heavy (non-hydrogen) atoms. The van der Waals surface area contributed by atoms with Gasteiger partial charge in [-0.3, -0.25) is 19.2 Å². The van der Waals surface area contributed by atoms with E-state index in [-0.39, 0.29) is 37.0 Å². The monoisotopic (exact) mass is 642 g/mol. The molecular weight excluding hydrogens is 596 g/mol. The Hall–Kier alpha value is -4.73. The number of ether oxygens (including phenoxy) is 2. The van der Waals surface area contributed by atoms with Crippen molar-refractivity contribution in [3.05, 3.63) is 72.3 Å². The van der Waals surface area contributed by atoms with E-state index in [2.05, 4.69) is 54.0 Å². The molecule has 3 N–H and O–H groups in total. The number of hydrogen-bond donors (Lipinski definition) is 3. The van der Waals surface area contributed by atoms with Gasteiger partial charge in [0.15, 0.2) is 0 Å². The largest absolute Gasteiger partial charge is 0.466 e. The number of esters is 2. The zero-order chi connectivity index (χ0) is 34.4. The summed E-state index contributed by atoms with van der Waals surface area (Å²) in [5.41, 5.74) is 10.9. The van der Waals surface area contributed by atoms with Gasteiger partial charge in [0, 0.05) is 65.6 Å². The quantitative estimate of drug-likeness (QED) is 0.275. The molecule has 4 rings (SSSR count). The minimum atomic E-state index is -0.373. The van der Waals surface area contributed by atoms with Crippen molar-refractivity contribution >= 4 is 47.7 Å². The number of aromatic nitrogens is 2. The van der Waals surface area contributed by atoms with E-state index in [0.29, 0.717) is 42.5 Å². The molecule has 2 amide bonds. The van der Waals surface area contributed by atoms with Crippen LogP contribution in [-0.2, 0) is 41.5 Å². The summed E-state index contributed by atoms with van der Waals surface area (Å²) in [7, 11) is 0. The fourth-order valence-corrected chi connectivity index (χ4v) is 6.49. The van der Waals surface area contributed by atoms with Crippen molar-refractivity contribution in [1.29, 1.82) is 0 Å². The highest BCUT2D eigenvalue weighted by atomic mass is 16.5. The Bertz CT molecular complexity index is 1860. The highest BCUT2D eigenvalue weighted by Gasteiger charge is 2.27. The van der Waals surface area contributed by atoms with Gasteiger partial charge in [0.25, 0.3) is 11.8 Å². The molecule has 0 unspecified atom stereocenters. The number of allylic oxidation sites excluding steroid dienone is 2. The molecule has 0 fully saturated rings. The maximum atomic E-state index is 12.8. The Labute approximate surface area is 275 Å². The van der Waals surface area contributed by atoms with E-state index in [0.717, 1.165) is 62.9 Å². The molecule has 250 valence electrons. The predicted molar refractivity (Wildman–Crippen MR) is 183 cm³/mol. The van der Waals surface area contributed by atoms with Crippen molar-refractivity contribution in [2.45, 2.75) is 93.9 Å². The number of nitrogens with one attached hydrogen (secondary N) is 3. The molecule has 0 aromatic carbocycles. The Morgan fingerprint density at radius 3 is 1.87 bits per heavy atom. The molecule has 10 nitrogen and oxygen atoms in total. The summed E-state index contributed by atoms with van der Waals surface area (Å²) in [4.78, 5) is 59.6. The molecule has 0 spiro atoms. The third kappa shape index (κ3) is 7.64. The van der Waals surface area contributed by atoms with Gasteiger partial charge in [0.1, 0.15) is 0 Å². The second-order valence-electron chi connectivity index (χ2n) is 11.7. The van der Waals surface area contributed by atoms with Gasteiger partial charge >= 0.3 is 11.9 Å². The molecule has 2 aromatic rings. The standard InChI is InChI=1S/C37H46N4O6/c1-9-24-20(5)30(17-34-26(11-3)28(36(44)40-34)13-15-46-22(7)42)38-32(24)19-33-25(10-2)21(6)31(39-33)18-35-27(12-4)29(37(45)41-35)14-16-47-23(8)43/h17-19,38-39H,9-16H2,1-8H3,(H,40,44)/b31-18+,33-19-,34-17-. The normalized spacial score (nSPS) is 16.6. The summed E-state index contributed by atoms with van der Waals surface area (Å²) in [6, 6.07) is 0. The lowest BCUT2D eigenvalue weighted by atomic mass is 10.0. The van der Waals surface area contributed by atoms with Crippen molar-refractivity contribution < 1.29 is 28.7 Å². The third-order valence-electron chi connectivity index (χ3n) is 8.85.